The zero-order chi connectivity index (χ0) is 31.9. The zero-order valence-corrected chi connectivity index (χ0v) is 28.5. The van der Waals surface area contributed by atoms with Crippen molar-refractivity contribution in [3.63, 3.8) is 0 Å². The van der Waals surface area contributed by atoms with Crippen LogP contribution in [0.5, 0.6) is 0 Å². The van der Waals surface area contributed by atoms with Gasteiger partial charge in [-0.25, -0.2) is 0 Å². The molecule has 0 heterocycles. The first-order valence-corrected chi connectivity index (χ1v) is 15.1. The Bertz CT molecular complexity index is 421. The smallest absolute Gasteiger partial charge is 0.0872 e. The topological polar surface area (TPSA) is 121 Å². The van der Waals surface area contributed by atoms with Crippen molar-refractivity contribution in [2.75, 3.05) is 13.2 Å². The molecule has 0 saturated heterocycles. The lowest BCUT2D eigenvalue weighted by molar-refractivity contribution is -0.0350. The summed E-state index contributed by atoms with van der Waals surface area (Å²) in [6, 6.07) is 0. The Balaban J connectivity index is -0.000000120. The molecule has 0 fully saturated rings. The summed E-state index contributed by atoms with van der Waals surface area (Å²) < 4.78 is 0. The fraction of sp³-hybridized carbons (Fsp3) is 1.00. The third kappa shape index (κ3) is 30.3. The van der Waals surface area contributed by atoms with Crippen LogP contribution in [0.4, 0.5) is 0 Å². The molecule has 0 aliphatic heterocycles. The summed E-state index contributed by atoms with van der Waals surface area (Å²) in [6.45, 7) is 31.9. The van der Waals surface area contributed by atoms with Crippen molar-refractivity contribution in [2.45, 2.75) is 160 Å². The van der Waals surface area contributed by atoms with Crippen LogP contribution in [-0.4, -0.2) is 67.3 Å². The molecule has 0 radical (unpaired) electrons. The largest absolute Gasteiger partial charge is 0.396 e. The van der Waals surface area contributed by atoms with Crippen LogP contribution < -0.4 is 0 Å². The van der Waals surface area contributed by atoms with E-state index in [1.807, 2.05) is 83.1 Å². The van der Waals surface area contributed by atoms with E-state index in [0.29, 0.717) is 36.2 Å². The van der Waals surface area contributed by atoms with E-state index in [1.54, 1.807) is 6.92 Å². The normalized spacial score (nSPS) is 16.5. The summed E-state index contributed by atoms with van der Waals surface area (Å²) >= 11 is 0. The molecule has 6 heteroatoms. The highest BCUT2D eigenvalue weighted by Crippen LogP contribution is 2.18. The van der Waals surface area contributed by atoms with E-state index in [2.05, 4.69) is 20.8 Å². The van der Waals surface area contributed by atoms with Crippen molar-refractivity contribution < 1.29 is 30.6 Å². The summed E-state index contributed by atoms with van der Waals surface area (Å²) in [7, 11) is 0. The summed E-state index contributed by atoms with van der Waals surface area (Å²) in [6.07, 6.45) is 3.48. The van der Waals surface area contributed by atoms with Gasteiger partial charge in [0.2, 0.25) is 0 Å². The van der Waals surface area contributed by atoms with Gasteiger partial charge in [-0.1, -0.05) is 103 Å². The number of aliphatic hydroxyl groups excluding tert-OH is 4. The molecule has 0 aliphatic rings. The lowest BCUT2D eigenvalue weighted by Gasteiger charge is -2.25. The Morgan fingerprint density at radius 3 is 0.842 bits per heavy atom. The van der Waals surface area contributed by atoms with Crippen LogP contribution in [-0.2, 0) is 0 Å². The molecule has 0 rings (SSSR count). The maximum absolute atomic E-state index is 9.40. The highest BCUT2D eigenvalue weighted by molar-refractivity contribution is 4.74. The predicted octanol–water partition coefficient (Wildman–Crippen LogP) is 6.68. The molecule has 0 aliphatic carbocycles. The van der Waals surface area contributed by atoms with Crippen LogP contribution in [0.15, 0.2) is 0 Å². The van der Waals surface area contributed by atoms with Gasteiger partial charge in [0.05, 0.1) is 30.0 Å². The SMILES string of the molecule is CC(C)[C@](C)(O)CO.CCC(CO)C(C)C.CC[C@@H](O)C(C)C.CC[C@H](O)C(C)C.CC[C@](C)(O)C(C)C. The fourth-order valence-corrected chi connectivity index (χ4v) is 2.34. The summed E-state index contributed by atoms with van der Waals surface area (Å²) in [5.74, 6) is 2.47. The molecule has 0 aromatic carbocycles. The van der Waals surface area contributed by atoms with Gasteiger partial charge < -0.3 is 30.6 Å². The monoisotopic (exact) mass is 555 g/mol. The third-order valence-electron chi connectivity index (χ3n) is 7.60. The first kappa shape index (κ1) is 47.5. The van der Waals surface area contributed by atoms with E-state index < -0.39 is 11.2 Å². The van der Waals surface area contributed by atoms with Crippen molar-refractivity contribution in [3.05, 3.63) is 0 Å². The van der Waals surface area contributed by atoms with E-state index in [-0.39, 0.29) is 24.7 Å². The van der Waals surface area contributed by atoms with Crippen molar-refractivity contribution in [1.82, 2.24) is 0 Å². The van der Waals surface area contributed by atoms with Crippen LogP contribution in [0.25, 0.3) is 0 Å². The summed E-state index contributed by atoms with van der Waals surface area (Å²) in [5.41, 5.74) is -1.36. The van der Waals surface area contributed by atoms with Gasteiger partial charge in [0.25, 0.3) is 0 Å². The van der Waals surface area contributed by atoms with Gasteiger partial charge in [-0.05, 0) is 68.6 Å². The highest BCUT2D eigenvalue weighted by atomic mass is 16.3. The predicted molar refractivity (Wildman–Crippen MR) is 166 cm³/mol. The Morgan fingerprint density at radius 1 is 0.526 bits per heavy atom. The number of hydrogen-bond acceptors (Lipinski definition) is 6. The van der Waals surface area contributed by atoms with Gasteiger partial charge in [-0.3, -0.25) is 0 Å². The molecule has 0 aromatic heterocycles. The van der Waals surface area contributed by atoms with Crippen LogP contribution in [0.3, 0.4) is 0 Å². The van der Waals surface area contributed by atoms with Gasteiger partial charge in [0.1, 0.15) is 0 Å². The fourth-order valence-electron chi connectivity index (χ4n) is 2.34. The third-order valence-corrected chi connectivity index (χ3v) is 7.60. The Kier molecular flexibility index (Phi) is 33.7. The Morgan fingerprint density at radius 2 is 0.842 bits per heavy atom. The average Bonchev–Trinajstić information content (AvgIpc) is 2.84. The van der Waals surface area contributed by atoms with E-state index >= 15 is 0 Å². The number of aliphatic hydroxyl groups is 6. The minimum atomic E-state index is -0.903. The van der Waals surface area contributed by atoms with Gasteiger partial charge in [0, 0.05) is 6.61 Å². The highest BCUT2D eigenvalue weighted by Gasteiger charge is 2.23. The molecule has 238 valence electrons. The maximum Gasteiger partial charge on any atom is 0.0872 e. The second kappa shape index (κ2) is 27.0. The van der Waals surface area contributed by atoms with Crippen LogP contribution in [0, 0.1) is 35.5 Å². The summed E-state index contributed by atoms with van der Waals surface area (Å²) in [4.78, 5) is 0. The molecule has 5 atom stereocenters. The van der Waals surface area contributed by atoms with E-state index in [4.69, 9.17) is 25.5 Å². The number of hydrogen-bond donors (Lipinski definition) is 6. The maximum atomic E-state index is 9.40. The molecular formula is C32H74O6. The quantitative estimate of drug-likeness (QED) is 0.169. The van der Waals surface area contributed by atoms with Crippen molar-refractivity contribution in [2.24, 2.45) is 35.5 Å². The van der Waals surface area contributed by atoms with Gasteiger partial charge in [-0.15, -0.1) is 0 Å². The Hall–Kier alpha value is -0.240. The van der Waals surface area contributed by atoms with Crippen LogP contribution in [0.2, 0.25) is 0 Å². The lowest BCUT2D eigenvalue weighted by Crippen LogP contribution is -2.34. The second-order valence-corrected chi connectivity index (χ2v) is 12.6. The van der Waals surface area contributed by atoms with E-state index in [1.165, 1.54) is 0 Å². The van der Waals surface area contributed by atoms with Gasteiger partial charge in [0.15, 0.2) is 0 Å². The molecule has 0 bridgehead atoms. The lowest BCUT2D eigenvalue weighted by atomic mass is 9.90. The van der Waals surface area contributed by atoms with E-state index in [0.717, 1.165) is 25.7 Å². The standard InChI is InChI=1S/2C7H16O.C6H14O2.2C6H14O/c1-5-7(4,8)6(2)3;1-4-7(5-8)6(2)3;1-5(2)6(3,8)4-7;2*1-4-6(7)5(2)3/h6,8H,5H2,1-4H3;6-8H,4-5H2,1-3H3;5,7-8H,4H2,1-3H3;2*5-7H,4H2,1-3H3/t7-;;3*6-/m0.110/s1. The molecular weight excluding hydrogens is 480 g/mol. The van der Waals surface area contributed by atoms with Gasteiger partial charge in [-0.2, -0.15) is 0 Å². The Labute approximate surface area is 239 Å². The molecule has 0 aromatic rings. The van der Waals surface area contributed by atoms with Crippen molar-refractivity contribution >= 4 is 0 Å². The summed E-state index contributed by atoms with van der Waals surface area (Å²) in [5, 5.41) is 53.6. The van der Waals surface area contributed by atoms with Crippen LogP contribution >= 0.6 is 0 Å². The molecule has 0 spiro atoms. The molecule has 1 unspecified atom stereocenters. The molecule has 0 saturated carbocycles. The first-order valence-electron chi connectivity index (χ1n) is 15.1. The molecule has 0 amide bonds. The minimum absolute atomic E-state index is 0.0972. The molecule has 6 N–H and O–H groups in total. The average molecular weight is 555 g/mol. The zero-order valence-electron chi connectivity index (χ0n) is 28.5. The molecule has 38 heavy (non-hydrogen) atoms. The van der Waals surface area contributed by atoms with Crippen molar-refractivity contribution in [3.8, 4) is 0 Å². The molecule has 6 nitrogen and oxygen atoms in total. The minimum Gasteiger partial charge on any atom is -0.396 e. The van der Waals surface area contributed by atoms with Crippen LogP contribution in [0.1, 0.15) is 136 Å². The second-order valence-electron chi connectivity index (χ2n) is 12.6. The van der Waals surface area contributed by atoms with Gasteiger partial charge >= 0.3 is 0 Å². The first-order chi connectivity index (χ1) is 17.1. The van der Waals surface area contributed by atoms with Crippen molar-refractivity contribution in [1.29, 1.82) is 0 Å². The number of rotatable bonds is 11. The van der Waals surface area contributed by atoms with E-state index in [9.17, 15) is 5.11 Å².